The van der Waals surface area contributed by atoms with E-state index in [2.05, 4.69) is 10.1 Å². The Morgan fingerprint density at radius 3 is 2.35 bits per heavy atom. The minimum atomic E-state index is -2.95. The molecule has 0 aliphatic heterocycles. The van der Waals surface area contributed by atoms with Crippen LogP contribution in [-0.4, -0.2) is 33.8 Å². The maximum absolute atomic E-state index is 12.4. The van der Waals surface area contributed by atoms with Gasteiger partial charge in [-0.1, -0.05) is 12.1 Å². The number of amides is 1. The molecule has 0 aliphatic rings. The van der Waals surface area contributed by atoms with E-state index in [1.807, 2.05) is 0 Å². The Bertz CT molecular complexity index is 767. The third-order valence-electron chi connectivity index (χ3n) is 3.54. The first-order chi connectivity index (χ1) is 12.5. The van der Waals surface area contributed by atoms with Crippen LogP contribution in [0.4, 0.5) is 8.78 Å². The third kappa shape index (κ3) is 4.53. The molecular weight excluding hydrogens is 348 g/mol. The quantitative estimate of drug-likeness (QED) is 0.776. The van der Waals surface area contributed by atoms with Crippen molar-refractivity contribution in [1.29, 1.82) is 0 Å². The first-order valence-corrected chi connectivity index (χ1v) is 7.61. The van der Waals surface area contributed by atoms with Crippen molar-refractivity contribution in [2.45, 2.75) is 13.2 Å². The lowest BCUT2D eigenvalue weighted by Gasteiger charge is -2.14. The first kappa shape index (κ1) is 19.3. The number of alkyl halides is 2. The van der Waals surface area contributed by atoms with Gasteiger partial charge in [-0.3, -0.25) is 4.79 Å². The van der Waals surface area contributed by atoms with Crippen LogP contribution in [0.15, 0.2) is 36.4 Å². The number of halogens is 2. The van der Waals surface area contributed by atoms with Crippen molar-refractivity contribution in [3.05, 3.63) is 47.5 Å². The van der Waals surface area contributed by atoms with Gasteiger partial charge in [-0.2, -0.15) is 8.78 Å². The summed E-state index contributed by atoms with van der Waals surface area (Å²) in [5, 5.41) is 2.73. The number of para-hydroxylation sites is 1. The van der Waals surface area contributed by atoms with E-state index < -0.39 is 6.61 Å². The standard InChI is InChI=1S/C18H19F2NO5/c1-23-14-6-4-5-12(16(14)25-3)17(22)21-10-11-7-8-13(26-18(19)20)15(9-11)24-2/h4-9,18H,10H2,1-3H3,(H,21,22). The zero-order valence-electron chi connectivity index (χ0n) is 14.5. The summed E-state index contributed by atoms with van der Waals surface area (Å²) in [5.74, 6) is 0.469. The first-order valence-electron chi connectivity index (χ1n) is 7.61. The van der Waals surface area contributed by atoms with E-state index >= 15 is 0 Å². The van der Waals surface area contributed by atoms with Gasteiger partial charge in [0.2, 0.25) is 0 Å². The lowest BCUT2D eigenvalue weighted by molar-refractivity contribution is -0.0512. The molecule has 1 N–H and O–H groups in total. The van der Waals surface area contributed by atoms with Crippen LogP contribution in [0.25, 0.3) is 0 Å². The van der Waals surface area contributed by atoms with Crippen LogP contribution in [-0.2, 0) is 6.54 Å². The normalized spacial score (nSPS) is 10.4. The van der Waals surface area contributed by atoms with Gasteiger partial charge in [-0.25, -0.2) is 0 Å². The number of carbonyl (C=O) groups excluding carboxylic acids is 1. The molecule has 6 nitrogen and oxygen atoms in total. The van der Waals surface area contributed by atoms with Crippen molar-refractivity contribution >= 4 is 5.91 Å². The SMILES string of the molecule is COc1cc(CNC(=O)c2cccc(OC)c2OC)ccc1OC(F)F. The molecule has 0 unspecified atom stereocenters. The van der Waals surface area contributed by atoms with Crippen LogP contribution in [0.5, 0.6) is 23.0 Å². The van der Waals surface area contributed by atoms with Gasteiger partial charge in [0.05, 0.1) is 26.9 Å². The third-order valence-corrected chi connectivity index (χ3v) is 3.54. The van der Waals surface area contributed by atoms with Crippen LogP contribution in [0.1, 0.15) is 15.9 Å². The molecule has 0 aromatic heterocycles. The number of hydrogen-bond acceptors (Lipinski definition) is 5. The molecule has 0 heterocycles. The summed E-state index contributed by atoms with van der Waals surface area (Å²) in [6, 6.07) is 9.40. The highest BCUT2D eigenvalue weighted by Gasteiger charge is 2.16. The highest BCUT2D eigenvalue weighted by atomic mass is 19.3. The van der Waals surface area contributed by atoms with Gasteiger partial charge in [0.25, 0.3) is 5.91 Å². The van der Waals surface area contributed by atoms with Crippen LogP contribution in [0.2, 0.25) is 0 Å². The fourth-order valence-corrected chi connectivity index (χ4v) is 2.36. The van der Waals surface area contributed by atoms with Gasteiger partial charge < -0.3 is 24.3 Å². The van der Waals surface area contributed by atoms with E-state index in [1.165, 1.54) is 33.5 Å². The van der Waals surface area contributed by atoms with E-state index in [0.29, 0.717) is 22.6 Å². The monoisotopic (exact) mass is 367 g/mol. The lowest BCUT2D eigenvalue weighted by Crippen LogP contribution is -2.23. The summed E-state index contributed by atoms with van der Waals surface area (Å²) < 4.78 is 44.5. The Hall–Kier alpha value is -3.03. The zero-order valence-corrected chi connectivity index (χ0v) is 14.5. The van der Waals surface area contributed by atoms with Crippen molar-refractivity contribution < 1.29 is 32.5 Å². The molecule has 0 atom stereocenters. The molecular formula is C18H19F2NO5. The molecule has 26 heavy (non-hydrogen) atoms. The van der Waals surface area contributed by atoms with Crippen LogP contribution in [0.3, 0.4) is 0 Å². The van der Waals surface area contributed by atoms with Crippen molar-refractivity contribution in [3.63, 3.8) is 0 Å². The molecule has 2 aromatic carbocycles. The largest absolute Gasteiger partial charge is 0.493 e. The fourth-order valence-electron chi connectivity index (χ4n) is 2.36. The van der Waals surface area contributed by atoms with Crippen molar-refractivity contribution in [2.75, 3.05) is 21.3 Å². The summed E-state index contributed by atoms with van der Waals surface area (Å²) in [5.41, 5.74) is 0.968. The van der Waals surface area contributed by atoms with Crippen molar-refractivity contribution in [3.8, 4) is 23.0 Å². The summed E-state index contributed by atoms with van der Waals surface area (Å²) in [6.07, 6.45) is 0. The molecule has 140 valence electrons. The number of methoxy groups -OCH3 is 3. The topological polar surface area (TPSA) is 66.0 Å². The molecule has 2 rings (SSSR count). The highest BCUT2D eigenvalue weighted by Crippen LogP contribution is 2.31. The molecule has 0 bridgehead atoms. The minimum Gasteiger partial charge on any atom is -0.493 e. The van der Waals surface area contributed by atoms with Gasteiger partial charge in [0.15, 0.2) is 23.0 Å². The fraction of sp³-hybridized carbons (Fsp3) is 0.278. The Kier molecular flexibility index (Phi) is 6.60. The van der Waals surface area contributed by atoms with E-state index in [-0.39, 0.29) is 24.0 Å². The predicted octanol–water partition coefficient (Wildman–Crippen LogP) is 3.24. The molecule has 0 spiro atoms. The summed E-state index contributed by atoms with van der Waals surface area (Å²) in [7, 11) is 4.27. The van der Waals surface area contributed by atoms with Crippen LogP contribution in [0, 0.1) is 0 Å². The van der Waals surface area contributed by atoms with Crippen LogP contribution >= 0.6 is 0 Å². The number of rotatable bonds is 8. The molecule has 0 saturated heterocycles. The van der Waals surface area contributed by atoms with E-state index in [0.717, 1.165) is 0 Å². The second-order valence-electron chi connectivity index (χ2n) is 5.09. The van der Waals surface area contributed by atoms with E-state index in [1.54, 1.807) is 24.3 Å². The second kappa shape index (κ2) is 8.89. The molecule has 8 heteroatoms. The lowest BCUT2D eigenvalue weighted by atomic mass is 10.1. The molecule has 0 radical (unpaired) electrons. The van der Waals surface area contributed by atoms with Gasteiger partial charge in [0, 0.05) is 6.54 Å². The van der Waals surface area contributed by atoms with Gasteiger partial charge in [-0.05, 0) is 29.8 Å². The smallest absolute Gasteiger partial charge is 0.387 e. The molecule has 1 amide bonds. The average molecular weight is 367 g/mol. The average Bonchev–Trinajstić information content (AvgIpc) is 2.65. The number of nitrogens with one attached hydrogen (secondary N) is 1. The van der Waals surface area contributed by atoms with Crippen LogP contribution < -0.4 is 24.3 Å². The number of carbonyl (C=O) groups is 1. The molecule has 0 aliphatic carbocycles. The number of ether oxygens (including phenoxy) is 4. The Morgan fingerprint density at radius 2 is 1.73 bits per heavy atom. The van der Waals surface area contributed by atoms with Crippen molar-refractivity contribution in [1.82, 2.24) is 5.32 Å². The Balaban J connectivity index is 2.13. The van der Waals surface area contributed by atoms with Gasteiger partial charge in [0.1, 0.15) is 0 Å². The highest BCUT2D eigenvalue weighted by molar-refractivity contribution is 5.97. The van der Waals surface area contributed by atoms with Crippen molar-refractivity contribution in [2.24, 2.45) is 0 Å². The Morgan fingerprint density at radius 1 is 1.00 bits per heavy atom. The minimum absolute atomic E-state index is 0.0768. The molecule has 0 fully saturated rings. The summed E-state index contributed by atoms with van der Waals surface area (Å²) in [6.45, 7) is -2.79. The molecule has 0 saturated carbocycles. The predicted molar refractivity (Wildman–Crippen MR) is 90.3 cm³/mol. The maximum atomic E-state index is 12.4. The maximum Gasteiger partial charge on any atom is 0.387 e. The van der Waals surface area contributed by atoms with Gasteiger partial charge >= 0.3 is 6.61 Å². The zero-order chi connectivity index (χ0) is 19.1. The summed E-state index contributed by atoms with van der Waals surface area (Å²) >= 11 is 0. The Labute approximate surface area is 149 Å². The number of hydrogen-bond donors (Lipinski definition) is 1. The second-order valence-corrected chi connectivity index (χ2v) is 5.09. The summed E-state index contributed by atoms with van der Waals surface area (Å²) in [4.78, 5) is 12.4. The van der Waals surface area contributed by atoms with E-state index in [4.69, 9.17) is 14.2 Å². The van der Waals surface area contributed by atoms with Gasteiger partial charge in [-0.15, -0.1) is 0 Å². The number of benzene rings is 2. The molecule has 2 aromatic rings. The van der Waals surface area contributed by atoms with E-state index in [9.17, 15) is 13.6 Å².